The monoisotopic (exact) mass is 363 g/mol. The molecule has 1 aromatic heterocycles. The zero-order valence-electron chi connectivity index (χ0n) is 16.3. The molecule has 0 bridgehead atoms. The Morgan fingerprint density at radius 3 is 2.43 bits per heavy atom. The van der Waals surface area contributed by atoms with Crippen LogP contribution in [0.15, 0.2) is 97.7 Å². The number of allylic oxidation sites excluding steroid dienone is 2. The summed E-state index contributed by atoms with van der Waals surface area (Å²) in [6, 6.07) is 25.7. The van der Waals surface area contributed by atoms with E-state index in [2.05, 4.69) is 104 Å². The Hall–Kier alpha value is -3.32. The zero-order valence-corrected chi connectivity index (χ0v) is 16.3. The maximum absolute atomic E-state index is 4.30. The van der Waals surface area contributed by atoms with E-state index in [-0.39, 0.29) is 0 Å². The first kappa shape index (κ1) is 18.1. The highest BCUT2D eigenvalue weighted by Gasteiger charge is 2.08. The molecule has 0 aliphatic carbocycles. The van der Waals surface area contributed by atoms with Crippen LogP contribution in [0.4, 0.5) is 0 Å². The van der Waals surface area contributed by atoms with Crippen molar-refractivity contribution < 1.29 is 0 Å². The van der Waals surface area contributed by atoms with E-state index in [0.29, 0.717) is 0 Å². The normalized spacial score (nSPS) is 10.9. The van der Waals surface area contributed by atoms with Crippen molar-refractivity contribution in [1.82, 2.24) is 4.98 Å². The van der Waals surface area contributed by atoms with Crippen molar-refractivity contribution in [2.45, 2.75) is 19.8 Å². The third kappa shape index (κ3) is 3.70. The zero-order chi connectivity index (χ0) is 19.5. The summed E-state index contributed by atoms with van der Waals surface area (Å²) >= 11 is 0. The number of aromatic nitrogens is 1. The maximum atomic E-state index is 4.30. The quantitative estimate of drug-likeness (QED) is 0.345. The molecule has 1 heterocycles. The van der Waals surface area contributed by atoms with Crippen molar-refractivity contribution in [3.63, 3.8) is 0 Å². The predicted octanol–water partition coefficient (Wildman–Crippen LogP) is 7.35. The van der Waals surface area contributed by atoms with Crippen LogP contribution >= 0.6 is 0 Å². The molecule has 0 aliphatic rings. The standard InChI is InChI=1S/C27H25N/c1-19-7-6-8-24(17-19)23-15-13-22(14-16-23)21(3)20(2)11-12-25-18-28-27-10-5-4-9-26(25)27/h4-10,13-18,28H,2-3,11-12H2,1H3. The first-order valence-electron chi connectivity index (χ1n) is 9.71. The van der Waals surface area contributed by atoms with E-state index in [1.165, 1.54) is 33.2 Å². The summed E-state index contributed by atoms with van der Waals surface area (Å²) in [6.07, 6.45) is 3.97. The van der Waals surface area contributed by atoms with E-state index in [4.69, 9.17) is 0 Å². The van der Waals surface area contributed by atoms with E-state index in [1.54, 1.807) is 0 Å². The van der Waals surface area contributed by atoms with Gasteiger partial charge in [0.2, 0.25) is 0 Å². The number of aryl methyl sites for hydroxylation is 2. The molecule has 0 amide bonds. The van der Waals surface area contributed by atoms with Crippen LogP contribution in [0.5, 0.6) is 0 Å². The average molecular weight is 364 g/mol. The second-order valence-electron chi connectivity index (χ2n) is 7.39. The molecule has 4 rings (SSSR count). The second-order valence-corrected chi connectivity index (χ2v) is 7.39. The molecule has 3 aromatic carbocycles. The summed E-state index contributed by atoms with van der Waals surface area (Å²) in [5.41, 5.74) is 9.52. The minimum absolute atomic E-state index is 0.903. The van der Waals surface area contributed by atoms with Crippen LogP contribution in [0.3, 0.4) is 0 Å². The van der Waals surface area contributed by atoms with Crippen LogP contribution in [0.25, 0.3) is 27.6 Å². The molecule has 1 nitrogen and oxygen atoms in total. The molecule has 0 radical (unpaired) electrons. The smallest absolute Gasteiger partial charge is 0.0456 e. The minimum atomic E-state index is 0.903. The summed E-state index contributed by atoms with van der Waals surface area (Å²) < 4.78 is 0. The van der Waals surface area contributed by atoms with Crippen molar-refractivity contribution in [2.75, 3.05) is 0 Å². The fraction of sp³-hybridized carbons (Fsp3) is 0.111. The number of H-pyrrole nitrogens is 1. The van der Waals surface area contributed by atoms with Crippen LogP contribution in [-0.4, -0.2) is 4.98 Å². The fourth-order valence-electron chi connectivity index (χ4n) is 3.67. The van der Waals surface area contributed by atoms with Gasteiger partial charge < -0.3 is 4.98 Å². The number of benzene rings is 3. The lowest BCUT2D eigenvalue weighted by molar-refractivity contribution is 0.982. The third-order valence-corrected chi connectivity index (χ3v) is 5.38. The molecule has 1 heteroatoms. The molecule has 0 saturated heterocycles. The number of aromatic amines is 1. The first-order valence-corrected chi connectivity index (χ1v) is 9.71. The van der Waals surface area contributed by atoms with Gasteiger partial charge in [-0.2, -0.15) is 0 Å². The van der Waals surface area contributed by atoms with Crippen LogP contribution in [0.1, 0.15) is 23.1 Å². The van der Waals surface area contributed by atoms with Crippen molar-refractivity contribution in [3.8, 4) is 11.1 Å². The van der Waals surface area contributed by atoms with E-state index in [0.717, 1.165) is 29.6 Å². The lowest BCUT2D eigenvalue weighted by atomic mass is 9.94. The van der Waals surface area contributed by atoms with Crippen LogP contribution < -0.4 is 0 Å². The summed E-state index contributed by atoms with van der Waals surface area (Å²) in [5, 5.41) is 1.29. The number of fused-ring (bicyclic) bond motifs is 1. The van der Waals surface area contributed by atoms with Crippen molar-refractivity contribution in [3.05, 3.63) is 114 Å². The van der Waals surface area contributed by atoms with Gasteiger partial charge >= 0.3 is 0 Å². The van der Waals surface area contributed by atoms with Crippen molar-refractivity contribution >= 4 is 16.5 Å². The summed E-state index contributed by atoms with van der Waals surface area (Å²) in [5.74, 6) is 0. The molecular weight excluding hydrogens is 338 g/mol. The van der Waals surface area contributed by atoms with E-state index < -0.39 is 0 Å². The molecule has 0 fully saturated rings. The van der Waals surface area contributed by atoms with E-state index >= 15 is 0 Å². The molecule has 1 N–H and O–H groups in total. The molecule has 4 aromatic rings. The Balaban J connectivity index is 1.44. The third-order valence-electron chi connectivity index (χ3n) is 5.38. The number of para-hydroxylation sites is 1. The van der Waals surface area contributed by atoms with E-state index in [1.807, 2.05) is 0 Å². The molecular formula is C27H25N. The number of rotatable bonds is 6. The Labute approximate surface area is 167 Å². The average Bonchev–Trinajstić information content (AvgIpc) is 3.15. The van der Waals surface area contributed by atoms with Gasteiger partial charge in [-0.3, -0.25) is 0 Å². The molecule has 138 valence electrons. The predicted molar refractivity (Wildman–Crippen MR) is 121 cm³/mol. The molecule has 0 saturated carbocycles. The minimum Gasteiger partial charge on any atom is -0.361 e. The van der Waals surface area contributed by atoms with Crippen molar-refractivity contribution in [1.29, 1.82) is 0 Å². The van der Waals surface area contributed by atoms with Gasteiger partial charge in [-0.15, -0.1) is 0 Å². The van der Waals surface area contributed by atoms with Gasteiger partial charge in [0, 0.05) is 17.1 Å². The van der Waals surface area contributed by atoms with Gasteiger partial charge in [0.25, 0.3) is 0 Å². The Morgan fingerprint density at radius 2 is 1.64 bits per heavy atom. The molecule has 0 unspecified atom stereocenters. The summed E-state index contributed by atoms with van der Waals surface area (Å²) in [6.45, 7) is 10.7. The number of hydrogen-bond acceptors (Lipinski definition) is 0. The highest BCUT2D eigenvalue weighted by molar-refractivity contribution is 5.83. The second kappa shape index (κ2) is 7.74. The van der Waals surface area contributed by atoms with Crippen molar-refractivity contribution in [2.24, 2.45) is 0 Å². The molecule has 0 aliphatic heterocycles. The molecule has 28 heavy (non-hydrogen) atoms. The summed E-state index contributed by atoms with van der Waals surface area (Å²) in [7, 11) is 0. The molecule has 0 atom stereocenters. The van der Waals surface area contributed by atoms with Gasteiger partial charge in [0.15, 0.2) is 0 Å². The van der Waals surface area contributed by atoms with Crippen LogP contribution in [0, 0.1) is 6.92 Å². The maximum Gasteiger partial charge on any atom is 0.0456 e. The number of hydrogen-bond donors (Lipinski definition) is 1. The largest absolute Gasteiger partial charge is 0.361 e. The van der Waals surface area contributed by atoms with Gasteiger partial charge in [-0.25, -0.2) is 0 Å². The first-order chi connectivity index (χ1) is 13.6. The van der Waals surface area contributed by atoms with Gasteiger partial charge in [-0.05, 0) is 59.2 Å². The van der Waals surface area contributed by atoms with Gasteiger partial charge in [0.05, 0.1) is 0 Å². The fourth-order valence-corrected chi connectivity index (χ4v) is 3.67. The van der Waals surface area contributed by atoms with Gasteiger partial charge in [-0.1, -0.05) is 85.5 Å². The Bertz CT molecular complexity index is 1140. The van der Waals surface area contributed by atoms with Crippen LogP contribution in [0.2, 0.25) is 0 Å². The Kier molecular flexibility index (Phi) is 4.99. The van der Waals surface area contributed by atoms with E-state index in [9.17, 15) is 0 Å². The highest BCUT2D eigenvalue weighted by Crippen LogP contribution is 2.28. The van der Waals surface area contributed by atoms with Gasteiger partial charge in [0.1, 0.15) is 0 Å². The Morgan fingerprint density at radius 1 is 0.857 bits per heavy atom. The lowest BCUT2D eigenvalue weighted by Crippen LogP contribution is -1.91. The SMILES string of the molecule is C=C(CCc1c[nH]c2ccccc12)C(=C)c1ccc(-c2cccc(C)c2)cc1. The van der Waals surface area contributed by atoms with Crippen LogP contribution in [-0.2, 0) is 6.42 Å². The molecule has 0 spiro atoms. The lowest BCUT2D eigenvalue weighted by Gasteiger charge is -2.11. The topological polar surface area (TPSA) is 15.8 Å². The highest BCUT2D eigenvalue weighted by atomic mass is 14.7. The number of nitrogens with one attached hydrogen (secondary N) is 1. The summed E-state index contributed by atoms with van der Waals surface area (Å²) in [4.78, 5) is 3.35.